The van der Waals surface area contributed by atoms with Gasteiger partial charge in [-0.05, 0) is 18.6 Å². The number of halogens is 3. The Morgan fingerprint density at radius 1 is 1.25 bits per heavy atom. The molecule has 6 heteroatoms. The summed E-state index contributed by atoms with van der Waals surface area (Å²) < 4.78 is 37.8. The largest absolute Gasteiger partial charge is 0.433 e. The van der Waals surface area contributed by atoms with Gasteiger partial charge in [0.25, 0.3) is 0 Å². The van der Waals surface area contributed by atoms with Gasteiger partial charge in [0, 0.05) is 6.54 Å². The van der Waals surface area contributed by atoms with Gasteiger partial charge in [-0.3, -0.25) is 0 Å². The number of aromatic nitrogens is 1. The Bertz CT molecular complexity index is 609. The van der Waals surface area contributed by atoms with Crippen LogP contribution in [-0.2, 0) is 12.7 Å². The maximum absolute atomic E-state index is 12.6. The normalized spacial score (nSPS) is 11.4. The van der Waals surface area contributed by atoms with Gasteiger partial charge in [-0.1, -0.05) is 29.8 Å². The number of nitrogens with two attached hydrogens (primary N) is 1. The number of alkyl halides is 3. The Balaban J connectivity index is 2.17. The molecule has 0 aliphatic heterocycles. The second kappa shape index (κ2) is 5.40. The Morgan fingerprint density at radius 2 is 2.00 bits per heavy atom. The fourth-order valence-electron chi connectivity index (χ4n) is 1.79. The molecule has 0 saturated carbocycles. The van der Waals surface area contributed by atoms with Crippen LogP contribution in [0.1, 0.15) is 16.8 Å². The molecule has 3 N–H and O–H groups in total. The van der Waals surface area contributed by atoms with Gasteiger partial charge in [0.1, 0.15) is 5.69 Å². The molecule has 2 aromatic rings. The van der Waals surface area contributed by atoms with Crippen molar-refractivity contribution in [2.24, 2.45) is 0 Å². The van der Waals surface area contributed by atoms with E-state index in [4.69, 9.17) is 5.73 Å². The molecule has 0 unspecified atom stereocenters. The fourth-order valence-corrected chi connectivity index (χ4v) is 1.79. The fraction of sp³-hybridized carbons (Fsp3) is 0.214. The predicted octanol–water partition coefficient (Wildman–Crippen LogP) is 3.60. The monoisotopic (exact) mass is 281 g/mol. The Morgan fingerprint density at radius 3 is 2.65 bits per heavy atom. The number of nitrogens with zero attached hydrogens (tertiary/aromatic N) is 1. The third-order valence-electron chi connectivity index (χ3n) is 2.79. The number of rotatable bonds is 3. The summed E-state index contributed by atoms with van der Waals surface area (Å²) in [6.45, 7) is 2.35. The molecular weight excluding hydrogens is 267 g/mol. The van der Waals surface area contributed by atoms with Gasteiger partial charge in [-0.2, -0.15) is 13.2 Å². The van der Waals surface area contributed by atoms with Crippen molar-refractivity contribution in [3.05, 3.63) is 53.3 Å². The van der Waals surface area contributed by atoms with Gasteiger partial charge in [0.2, 0.25) is 0 Å². The zero-order chi connectivity index (χ0) is 14.8. The number of hydrogen-bond acceptors (Lipinski definition) is 3. The van der Waals surface area contributed by atoms with Gasteiger partial charge in [-0.15, -0.1) is 0 Å². The third kappa shape index (κ3) is 3.40. The summed E-state index contributed by atoms with van der Waals surface area (Å²) in [5.41, 5.74) is 7.14. The van der Waals surface area contributed by atoms with Crippen LogP contribution in [0, 0.1) is 6.92 Å². The number of aryl methyl sites for hydroxylation is 1. The standard InChI is InChI=1S/C14H14F3N3/c1-9-3-2-4-10(5-9)7-19-12-6-13(14(15,16)17)20-8-11(12)18/h2-6,8H,7,18H2,1H3,(H,19,20). The van der Waals surface area contributed by atoms with E-state index >= 15 is 0 Å². The summed E-state index contributed by atoms with van der Waals surface area (Å²) in [5, 5.41) is 2.90. The lowest BCUT2D eigenvalue weighted by Gasteiger charge is -2.12. The first-order valence-corrected chi connectivity index (χ1v) is 5.98. The molecule has 1 aromatic carbocycles. The minimum Gasteiger partial charge on any atom is -0.396 e. The Hall–Kier alpha value is -2.24. The van der Waals surface area contributed by atoms with E-state index in [1.54, 1.807) is 0 Å². The highest BCUT2D eigenvalue weighted by atomic mass is 19.4. The highest BCUT2D eigenvalue weighted by molar-refractivity contribution is 5.65. The second-order valence-corrected chi connectivity index (χ2v) is 4.50. The van der Waals surface area contributed by atoms with E-state index in [2.05, 4.69) is 10.3 Å². The smallest absolute Gasteiger partial charge is 0.396 e. The summed E-state index contributed by atoms with van der Waals surface area (Å²) in [6, 6.07) is 8.61. The minimum absolute atomic E-state index is 0.186. The highest BCUT2D eigenvalue weighted by Crippen LogP contribution is 2.31. The van der Waals surface area contributed by atoms with Crippen LogP contribution < -0.4 is 11.1 Å². The maximum Gasteiger partial charge on any atom is 0.433 e. The molecule has 0 atom stereocenters. The van der Waals surface area contributed by atoms with Crippen LogP contribution >= 0.6 is 0 Å². The molecule has 0 amide bonds. The Labute approximate surface area is 114 Å². The summed E-state index contributed by atoms with van der Waals surface area (Å²) in [6.07, 6.45) is -3.46. The van der Waals surface area contributed by atoms with E-state index in [0.29, 0.717) is 6.54 Å². The summed E-state index contributed by atoms with van der Waals surface area (Å²) in [7, 11) is 0. The zero-order valence-corrected chi connectivity index (χ0v) is 10.8. The summed E-state index contributed by atoms with van der Waals surface area (Å²) in [5.74, 6) is 0. The van der Waals surface area contributed by atoms with Crippen molar-refractivity contribution in [1.82, 2.24) is 4.98 Å². The molecule has 0 aliphatic rings. The molecular formula is C14H14F3N3. The SMILES string of the molecule is Cc1cccc(CNc2cc(C(F)(F)F)ncc2N)c1. The van der Waals surface area contributed by atoms with Crippen LogP contribution in [0.2, 0.25) is 0 Å². The first-order valence-electron chi connectivity index (χ1n) is 5.98. The average molecular weight is 281 g/mol. The molecule has 20 heavy (non-hydrogen) atoms. The van der Waals surface area contributed by atoms with E-state index in [-0.39, 0.29) is 11.4 Å². The molecule has 1 heterocycles. The second-order valence-electron chi connectivity index (χ2n) is 4.50. The molecule has 0 saturated heterocycles. The van der Waals surface area contributed by atoms with E-state index in [1.165, 1.54) is 0 Å². The van der Waals surface area contributed by atoms with Gasteiger partial charge in [-0.25, -0.2) is 4.98 Å². The van der Waals surface area contributed by atoms with Gasteiger partial charge in [0.05, 0.1) is 17.6 Å². The molecule has 106 valence electrons. The van der Waals surface area contributed by atoms with Gasteiger partial charge in [0.15, 0.2) is 0 Å². The van der Waals surface area contributed by atoms with Crippen molar-refractivity contribution in [3.8, 4) is 0 Å². The van der Waals surface area contributed by atoms with Crippen molar-refractivity contribution >= 4 is 11.4 Å². The molecule has 0 bridgehead atoms. The maximum atomic E-state index is 12.6. The first-order chi connectivity index (χ1) is 9.36. The molecule has 0 fully saturated rings. The molecule has 2 rings (SSSR count). The molecule has 0 spiro atoms. The predicted molar refractivity (Wildman–Crippen MR) is 72.2 cm³/mol. The lowest BCUT2D eigenvalue weighted by atomic mass is 10.1. The third-order valence-corrected chi connectivity index (χ3v) is 2.79. The average Bonchev–Trinajstić information content (AvgIpc) is 2.36. The minimum atomic E-state index is -4.48. The topological polar surface area (TPSA) is 50.9 Å². The number of anilines is 2. The molecule has 1 aromatic heterocycles. The number of nitrogens with one attached hydrogen (secondary N) is 1. The zero-order valence-electron chi connectivity index (χ0n) is 10.8. The van der Waals surface area contributed by atoms with Crippen molar-refractivity contribution < 1.29 is 13.2 Å². The van der Waals surface area contributed by atoms with Crippen molar-refractivity contribution in [2.45, 2.75) is 19.6 Å². The highest BCUT2D eigenvalue weighted by Gasteiger charge is 2.32. The van der Waals surface area contributed by atoms with Crippen LogP contribution in [0.4, 0.5) is 24.5 Å². The van der Waals surface area contributed by atoms with Crippen molar-refractivity contribution in [2.75, 3.05) is 11.1 Å². The lowest BCUT2D eigenvalue weighted by Crippen LogP contribution is -2.10. The van der Waals surface area contributed by atoms with E-state index in [9.17, 15) is 13.2 Å². The van der Waals surface area contributed by atoms with Crippen LogP contribution in [0.3, 0.4) is 0 Å². The molecule has 3 nitrogen and oxygen atoms in total. The van der Waals surface area contributed by atoms with E-state index in [1.807, 2.05) is 31.2 Å². The summed E-state index contributed by atoms with van der Waals surface area (Å²) in [4.78, 5) is 3.29. The first kappa shape index (κ1) is 14.2. The Kier molecular flexibility index (Phi) is 3.83. The lowest BCUT2D eigenvalue weighted by molar-refractivity contribution is -0.141. The van der Waals surface area contributed by atoms with Gasteiger partial charge >= 0.3 is 6.18 Å². The van der Waals surface area contributed by atoms with E-state index in [0.717, 1.165) is 23.4 Å². The number of benzene rings is 1. The number of hydrogen-bond donors (Lipinski definition) is 2. The number of nitrogen functional groups attached to an aromatic ring is 1. The number of pyridine rings is 1. The summed E-state index contributed by atoms with van der Waals surface area (Å²) >= 11 is 0. The van der Waals surface area contributed by atoms with Crippen LogP contribution in [0.25, 0.3) is 0 Å². The van der Waals surface area contributed by atoms with Gasteiger partial charge < -0.3 is 11.1 Å². The van der Waals surface area contributed by atoms with E-state index < -0.39 is 11.9 Å². The molecule has 0 aliphatic carbocycles. The van der Waals surface area contributed by atoms with Crippen molar-refractivity contribution in [3.63, 3.8) is 0 Å². The van der Waals surface area contributed by atoms with Crippen LogP contribution in [0.5, 0.6) is 0 Å². The van der Waals surface area contributed by atoms with Crippen LogP contribution in [0.15, 0.2) is 36.5 Å². The molecule has 0 radical (unpaired) electrons. The van der Waals surface area contributed by atoms with Crippen molar-refractivity contribution in [1.29, 1.82) is 0 Å². The van der Waals surface area contributed by atoms with Crippen LogP contribution in [-0.4, -0.2) is 4.98 Å². The quantitative estimate of drug-likeness (QED) is 0.903.